The molecule has 2 aromatic rings. The molecule has 0 amide bonds. The molecule has 2 saturated heterocycles. The molecule has 4 rings (SSSR count). The Kier molecular flexibility index (Phi) is 4.39. The Labute approximate surface area is 144 Å². The SMILES string of the molecule is OC[C@]12COCC[C@H]1CN(Cc1nc(-c3ccc(F)cc3)cs1)C2. The number of nitrogens with zero attached hydrogens (tertiary/aromatic N) is 2. The molecular weight excluding hydrogens is 327 g/mol. The Balaban J connectivity index is 1.46. The van der Waals surface area contributed by atoms with E-state index >= 15 is 0 Å². The molecule has 0 radical (unpaired) electrons. The highest BCUT2D eigenvalue weighted by Crippen LogP contribution is 2.41. The van der Waals surface area contributed by atoms with Crippen molar-refractivity contribution in [2.75, 3.05) is 32.9 Å². The Hall–Kier alpha value is -1.34. The number of aliphatic hydroxyl groups is 1. The lowest BCUT2D eigenvalue weighted by atomic mass is 9.76. The first-order valence-corrected chi connectivity index (χ1v) is 9.18. The predicted molar refractivity (Wildman–Crippen MR) is 91.2 cm³/mol. The first kappa shape index (κ1) is 16.1. The molecule has 1 aromatic carbocycles. The van der Waals surface area contributed by atoms with Gasteiger partial charge in [-0.2, -0.15) is 0 Å². The number of benzene rings is 1. The lowest BCUT2D eigenvalue weighted by Gasteiger charge is -2.36. The number of fused-ring (bicyclic) bond motifs is 1. The second-order valence-corrected chi connectivity index (χ2v) is 7.80. The number of rotatable bonds is 4. The second-order valence-electron chi connectivity index (χ2n) is 6.86. The van der Waals surface area contributed by atoms with Gasteiger partial charge in [0.1, 0.15) is 10.8 Å². The fourth-order valence-corrected chi connectivity index (χ4v) is 4.72. The van der Waals surface area contributed by atoms with Crippen LogP contribution in [0.2, 0.25) is 0 Å². The first-order chi connectivity index (χ1) is 11.7. The minimum atomic E-state index is -0.231. The van der Waals surface area contributed by atoms with Gasteiger partial charge in [-0.3, -0.25) is 4.90 Å². The average Bonchev–Trinajstić information content (AvgIpc) is 3.20. The summed E-state index contributed by atoms with van der Waals surface area (Å²) in [5.74, 6) is 0.276. The van der Waals surface area contributed by atoms with Gasteiger partial charge in [-0.15, -0.1) is 11.3 Å². The smallest absolute Gasteiger partial charge is 0.123 e. The van der Waals surface area contributed by atoms with Gasteiger partial charge in [0.05, 0.1) is 25.5 Å². The summed E-state index contributed by atoms with van der Waals surface area (Å²) in [6.07, 6.45) is 1.02. The van der Waals surface area contributed by atoms with E-state index in [1.807, 2.05) is 5.38 Å². The molecule has 4 nitrogen and oxygen atoms in total. The summed E-state index contributed by atoms with van der Waals surface area (Å²) in [6.45, 7) is 4.29. The van der Waals surface area contributed by atoms with Crippen LogP contribution in [0.1, 0.15) is 11.4 Å². The van der Waals surface area contributed by atoms with E-state index in [2.05, 4.69) is 4.90 Å². The van der Waals surface area contributed by atoms with Crippen LogP contribution in [0.4, 0.5) is 4.39 Å². The number of halogens is 1. The number of ether oxygens (including phenoxy) is 1. The van der Waals surface area contributed by atoms with Crippen molar-refractivity contribution in [1.29, 1.82) is 0 Å². The number of aliphatic hydroxyl groups excluding tert-OH is 1. The van der Waals surface area contributed by atoms with Gasteiger partial charge in [0.2, 0.25) is 0 Å². The molecule has 0 bridgehead atoms. The molecular formula is C18H21FN2O2S. The molecule has 1 aromatic heterocycles. The van der Waals surface area contributed by atoms with Crippen LogP contribution in [0.25, 0.3) is 11.3 Å². The predicted octanol–water partition coefficient (Wildman–Crippen LogP) is 2.78. The number of hydrogen-bond donors (Lipinski definition) is 1. The van der Waals surface area contributed by atoms with Crippen LogP contribution in [-0.4, -0.2) is 47.9 Å². The minimum absolute atomic E-state index is 0.102. The fourth-order valence-electron chi connectivity index (χ4n) is 3.88. The van der Waals surface area contributed by atoms with Crippen molar-refractivity contribution in [2.45, 2.75) is 13.0 Å². The van der Waals surface area contributed by atoms with Crippen LogP contribution in [0.5, 0.6) is 0 Å². The number of aromatic nitrogens is 1. The molecule has 2 atom stereocenters. The van der Waals surface area contributed by atoms with Crippen molar-refractivity contribution < 1.29 is 14.2 Å². The van der Waals surface area contributed by atoms with Crippen LogP contribution in [0, 0.1) is 17.2 Å². The Bertz CT molecular complexity index is 705. The summed E-state index contributed by atoms with van der Waals surface area (Å²) in [7, 11) is 0. The Morgan fingerprint density at radius 1 is 1.38 bits per heavy atom. The van der Waals surface area contributed by atoms with Crippen molar-refractivity contribution in [3.63, 3.8) is 0 Å². The van der Waals surface area contributed by atoms with Crippen LogP contribution in [0.15, 0.2) is 29.6 Å². The van der Waals surface area contributed by atoms with Crippen LogP contribution in [-0.2, 0) is 11.3 Å². The maximum atomic E-state index is 13.0. The van der Waals surface area contributed by atoms with Crippen molar-refractivity contribution >= 4 is 11.3 Å². The molecule has 6 heteroatoms. The van der Waals surface area contributed by atoms with E-state index in [1.54, 1.807) is 23.5 Å². The van der Waals surface area contributed by atoms with Crippen molar-refractivity contribution in [2.24, 2.45) is 11.3 Å². The Morgan fingerprint density at radius 2 is 2.21 bits per heavy atom. The summed E-state index contributed by atoms with van der Waals surface area (Å²) < 4.78 is 18.7. The minimum Gasteiger partial charge on any atom is -0.396 e. The zero-order valence-corrected chi connectivity index (χ0v) is 14.3. The molecule has 0 saturated carbocycles. The van der Waals surface area contributed by atoms with Gasteiger partial charge in [-0.25, -0.2) is 9.37 Å². The van der Waals surface area contributed by atoms with Crippen molar-refractivity contribution in [1.82, 2.24) is 9.88 Å². The fraction of sp³-hybridized carbons (Fsp3) is 0.500. The van der Waals surface area contributed by atoms with Gasteiger partial charge < -0.3 is 9.84 Å². The Morgan fingerprint density at radius 3 is 2.96 bits per heavy atom. The van der Waals surface area contributed by atoms with Gasteiger partial charge in [-0.05, 0) is 36.6 Å². The summed E-state index contributed by atoms with van der Waals surface area (Å²) in [4.78, 5) is 7.08. The van der Waals surface area contributed by atoms with Crippen LogP contribution < -0.4 is 0 Å². The highest BCUT2D eigenvalue weighted by atomic mass is 32.1. The summed E-state index contributed by atoms with van der Waals surface area (Å²) in [5.41, 5.74) is 1.73. The summed E-state index contributed by atoms with van der Waals surface area (Å²) >= 11 is 1.63. The van der Waals surface area contributed by atoms with E-state index in [0.717, 1.165) is 48.9 Å². The lowest BCUT2D eigenvalue weighted by molar-refractivity contribution is -0.0561. The summed E-state index contributed by atoms with van der Waals surface area (Å²) in [6, 6.07) is 6.45. The van der Waals surface area contributed by atoms with Crippen LogP contribution >= 0.6 is 11.3 Å². The third-order valence-corrected chi connectivity index (χ3v) is 6.08. The molecule has 24 heavy (non-hydrogen) atoms. The maximum Gasteiger partial charge on any atom is 0.123 e. The molecule has 3 heterocycles. The molecule has 0 spiro atoms. The highest BCUT2D eigenvalue weighted by molar-refractivity contribution is 7.09. The van der Waals surface area contributed by atoms with Crippen LogP contribution in [0.3, 0.4) is 0 Å². The number of hydrogen-bond acceptors (Lipinski definition) is 5. The van der Waals surface area contributed by atoms with Gasteiger partial charge >= 0.3 is 0 Å². The van der Waals surface area contributed by atoms with E-state index in [0.29, 0.717) is 12.5 Å². The van der Waals surface area contributed by atoms with Gasteiger partial charge in [0.25, 0.3) is 0 Å². The standard InChI is InChI=1S/C18H21FN2O2S/c19-15-3-1-13(2-4-15)16-9-24-17(20-16)8-21-7-14-5-6-23-12-18(14,10-21)11-22/h1-4,9,14,22H,5-8,10-12H2/t14-,18+/m0/s1. The lowest BCUT2D eigenvalue weighted by Crippen LogP contribution is -2.42. The monoisotopic (exact) mass is 348 g/mol. The van der Waals surface area contributed by atoms with E-state index in [4.69, 9.17) is 9.72 Å². The third kappa shape index (κ3) is 2.99. The van der Waals surface area contributed by atoms with E-state index in [1.165, 1.54) is 12.1 Å². The molecule has 0 aliphatic carbocycles. The van der Waals surface area contributed by atoms with E-state index in [-0.39, 0.29) is 17.8 Å². The van der Waals surface area contributed by atoms with Gasteiger partial charge in [0, 0.05) is 36.1 Å². The zero-order valence-electron chi connectivity index (χ0n) is 13.4. The second kappa shape index (κ2) is 6.52. The van der Waals surface area contributed by atoms with Crippen molar-refractivity contribution in [3.05, 3.63) is 40.5 Å². The molecule has 128 valence electrons. The zero-order chi connectivity index (χ0) is 16.6. The maximum absolute atomic E-state index is 13.0. The van der Waals surface area contributed by atoms with E-state index < -0.39 is 0 Å². The van der Waals surface area contributed by atoms with E-state index in [9.17, 15) is 9.50 Å². The van der Waals surface area contributed by atoms with Gasteiger partial charge in [0.15, 0.2) is 0 Å². The summed E-state index contributed by atoms with van der Waals surface area (Å²) in [5, 5.41) is 12.9. The molecule has 1 N–H and O–H groups in total. The normalized spacial score (nSPS) is 27.3. The third-order valence-electron chi connectivity index (χ3n) is 5.25. The quantitative estimate of drug-likeness (QED) is 0.923. The molecule has 2 fully saturated rings. The largest absolute Gasteiger partial charge is 0.396 e. The highest BCUT2D eigenvalue weighted by Gasteiger charge is 2.48. The molecule has 2 aliphatic heterocycles. The topological polar surface area (TPSA) is 45.6 Å². The molecule has 0 unspecified atom stereocenters. The molecule has 2 aliphatic rings. The van der Waals surface area contributed by atoms with Crippen molar-refractivity contribution in [3.8, 4) is 11.3 Å². The number of likely N-dealkylation sites (tertiary alicyclic amines) is 1. The average molecular weight is 348 g/mol. The van der Waals surface area contributed by atoms with Gasteiger partial charge in [-0.1, -0.05) is 0 Å². The first-order valence-electron chi connectivity index (χ1n) is 8.30. The number of thiazole rings is 1.